The second kappa shape index (κ2) is 8.77. The lowest BCUT2D eigenvalue weighted by Crippen LogP contribution is -2.17. The Bertz CT molecular complexity index is 1050. The molecule has 0 spiro atoms. The molecule has 0 fully saturated rings. The van der Waals surface area contributed by atoms with Crippen molar-refractivity contribution < 1.29 is 45.3 Å². The summed E-state index contributed by atoms with van der Waals surface area (Å²) in [4.78, 5) is 16.4. The van der Waals surface area contributed by atoms with E-state index < -0.39 is 30.2 Å². The van der Waals surface area contributed by atoms with Crippen molar-refractivity contribution in [3.63, 3.8) is 0 Å². The van der Waals surface area contributed by atoms with Crippen molar-refractivity contribution >= 4 is 5.97 Å². The number of carbonyl (C=O) groups is 1. The maximum absolute atomic E-state index is 12.5. The number of benzene rings is 2. The molecule has 0 saturated heterocycles. The predicted octanol–water partition coefficient (Wildman–Crippen LogP) is 6.00. The summed E-state index contributed by atoms with van der Waals surface area (Å²) < 4.78 is 87.7. The van der Waals surface area contributed by atoms with E-state index in [1.807, 2.05) is 0 Å². The van der Waals surface area contributed by atoms with Crippen LogP contribution in [-0.2, 0) is 4.74 Å². The summed E-state index contributed by atoms with van der Waals surface area (Å²) in [5.74, 6) is -1.80. The molecule has 32 heavy (non-hydrogen) atoms. The number of ether oxygens (including phenoxy) is 3. The molecular weight excluding hydrogens is 444 g/mol. The molecule has 1 heterocycles. The van der Waals surface area contributed by atoms with E-state index in [1.165, 1.54) is 36.4 Å². The Hall–Kier alpha value is -3.76. The SMILES string of the molecule is COC(=O)c1cc(-c2cccc(OC(F)(F)F)c2)nc(-c2cccc(OC(F)(F)F)c2)c1. The highest BCUT2D eigenvalue weighted by Crippen LogP contribution is 2.31. The molecule has 0 N–H and O–H groups in total. The molecule has 168 valence electrons. The molecule has 2 aromatic carbocycles. The first-order chi connectivity index (χ1) is 14.9. The van der Waals surface area contributed by atoms with Gasteiger partial charge in [-0.05, 0) is 36.4 Å². The number of hydrogen-bond donors (Lipinski definition) is 0. The van der Waals surface area contributed by atoms with E-state index in [1.54, 1.807) is 0 Å². The number of esters is 1. The topological polar surface area (TPSA) is 57.7 Å². The highest BCUT2D eigenvalue weighted by atomic mass is 19.4. The zero-order valence-corrected chi connectivity index (χ0v) is 16.1. The summed E-state index contributed by atoms with van der Waals surface area (Å²) in [5, 5.41) is 0. The molecule has 0 atom stereocenters. The summed E-state index contributed by atoms with van der Waals surface area (Å²) >= 11 is 0. The first-order valence-corrected chi connectivity index (χ1v) is 8.76. The van der Waals surface area contributed by atoms with E-state index in [9.17, 15) is 31.1 Å². The monoisotopic (exact) mass is 457 g/mol. The third-order valence-corrected chi connectivity index (χ3v) is 3.97. The van der Waals surface area contributed by atoms with Crippen LogP contribution in [0.5, 0.6) is 11.5 Å². The molecule has 0 unspecified atom stereocenters. The third-order valence-electron chi connectivity index (χ3n) is 3.97. The number of alkyl halides is 6. The normalized spacial score (nSPS) is 11.7. The van der Waals surface area contributed by atoms with Crippen molar-refractivity contribution in [2.45, 2.75) is 12.7 Å². The lowest BCUT2D eigenvalue weighted by molar-refractivity contribution is -0.275. The van der Waals surface area contributed by atoms with Gasteiger partial charge in [-0.15, -0.1) is 26.3 Å². The molecule has 1 aromatic heterocycles. The third kappa shape index (κ3) is 6.13. The number of rotatable bonds is 5. The van der Waals surface area contributed by atoms with Gasteiger partial charge < -0.3 is 14.2 Å². The average molecular weight is 457 g/mol. The van der Waals surface area contributed by atoms with Gasteiger partial charge in [-0.3, -0.25) is 0 Å². The van der Waals surface area contributed by atoms with Crippen molar-refractivity contribution in [3.05, 3.63) is 66.2 Å². The van der Waals surface area contributed by atoms with Gasteiger partial charge in [-0.25, -0.2) is 9.78 Å². The number of methoxy groups -OCH3 is 1. The molecule has 0 amide bonds. The molecule has 0 aliphatic carbocycles. The van der Waals surface area contributed by atoms with Gasteiger partial charge in [0.2, 0.25) is 0 Å². The van der Waals surface area contributed by atoms with Crippen LogP contribution >= 0.6 is 0 Å². The second-order valence-electron chi connectivity index (χ2n) is 6.27. The Morgan fingerprint density at radius 2 is 1.19 bits per heavy atom. The van der Waals surface area contributed by atoms with Crippen LogP contribution in [0.25, 0.3) is 22.5 Å². The molecule has 11 heteroatoms. The molecule has 5 nitrogen and oxygen atoms in total. The number of carbonyl (C=O) groups excluding carboxylic acids is 1. The zero-order valence-electron chi connectivity index (χ0n) is 16.1. The number of aromatic nitrogens is 1. The lowest BCUT2D eigenvalue weighted by Gasteiger charge is -2.13. The molecule has 3 aromatic rings. The molecule has 0 aliphatic heterocycles. The van der Waals surface area contributed by atoms with Crippen LogP contribution in [0.4, 0.5) is 26.3 Å². The smallest absolute Gasteiger partial charge is 0.465 e. The number of nitrogens with zero attached hydrogens (tertiary/aromatic N) is 1. The van der Waals surface area contributed by atoms with E-state index in [2.05, 4.69) is 19.2 Å². The van der Waals surface area contributed by atoms with Gasteiger partial charge in [0.25, 0.3) is 0 Å². The van der Waals surface area contributed by atoms with E-state index in [0.29, 0.717) is 0 Å². The van der Waals surface area contributed by atoms with Gasteiger partial charge in [0.05, 0.1) is 24.1 Å². The molecule has 0 bridgehead atoms. The Morgan fingerprint density at radius 3 is 1.56 bits per heavy atom. The minimum Gasteiger partial charge on any atom is -0.465 e. The molecule has 0 aliphatic rings. The standard InChI is InChI=1S/C21H13F6NO4/c1-30-19(29)14-10-17(12-4-2-6-15(8-12)31-20(22,23)24)28-18(11-14)13-5-3-7-16(9-13)32-21(25,26)27/h2-11H,1H3. The minimum atomic E-state index is -4.91. The van der Waals surface area contributed by atoms with Crippen LogP contribution in [0, 0.1) is 0 Å². The van der Waals surface area contributed by atoms with Crippen molar-refractivity contribution in [1.29, 1.82) is 0 Å². The number of hydrogen-bond acceptors (Lipinski definition) is 5. The zero-order chi connectivity index (χ0) is 23.5. The van der Waals surface area contributed by atoms with Crippen LogP contribution in [0.15, 0.2) is 60.7 Å². The summed E-state index contributed by atoms with van der Waals surface area (Å²) in [6.45, 7) is 0. The van der Waals surface area contributed by atoms with E-state index in [4.69, 9.17) is 0 Å². The van der Waals surface area contributed by atoms with Crippen LogP contribution in [0.3, 0.4) is 0 Å². The maximum atomic E-state index is 12.5. The van der Waals surface area contributed by atoms with E-state index in [0.717, 1.165) is 31.4 Å². The quantitative estimate of drug-likeness (QED) is 0.348. The fourth-order valence-electron chi connectivity index (χ4n) is 2.77. The van der Waals surface area contributed by atoms with E-state index in [-0.39, 0.29) is 28.1 Å². The van der Waals surface area contributed by atoms with Crippen LogP contribution in [0.2, 0.25) is 0 Å². The lowest BCUT2D eigenvalue weighted by atomic mass is 10.0. The van der Waals surface area contributed by atoms with Gasteiger partial charge in [-0.1, -0.05) is 24.3 Å². The van der Waals surface area contributed by atoms with Gasteiger partial charge in [0, 0.05) is 11.1 Å². The maximum Gasteiger partial charge on any atom is 0.573 e. The first kappa shape index (κ1) is 22.9. The van der Waals surface area contributed by atoms with Crippen molar-refractivity contribution in [2.24, 2.45) is 0 Å². The van der Waals surface area contributed by atoms with Crippen molar-refractivity contribution in [3.8, 4) is 34.0 Å². The summed E-state index contributed by atoms with van der Waals surface area (Å²) in [6, 6.07) is 12.3. The van der Waals surface area contributed by atoms with Crippen molar-refractivity contribution in [1.82, 2.24) is 4.98 Å². The van der Waals surface area contributed by atoms with Crippen LogP contribution in [0.1, 0.15) is 10.4 Å². The Balaban J connectivity index is 2.09. The van der Waals surface area contributed by atoms with Gasteiger partial charge in [-0.2, -0.15) is 0 Å². The van der Waals surface area contributed by atoms with Crippen LogP contribution < -0.4 is 9.47 Å². The highest BCUT2D eigenvalue weighted by Gasteiger charge is 2.32. The Labute approximate surface area is 177 Å². The molecule has 0 saturated carbocycles. The fourth-order valence-corrected chi connectivity index (χ4v) is 2.77. The largest absolute Gasteiger partial charge is 0.573 e. The van der Waals surface area contributed by atoms with E-state index >= 15 is 0 Å². The van der Waals surface area contributed by atoms with Crippen molar-refractivity contribution in [2.75, 3.05) is 7.11 Å². The number of halogens is 6. The predicted molar refractivity (Wildman–Crippen MR) is 99.8 cm³/mol. The summed E-state index contributed by atoms with van der Waals surface area (Å²) in [6.07, 6.45) is -9.83. The second-order valence-corrected chi connectivity index (χ2v) is 6.27. The Morgan fingerprint density at radius 1 is 0.750 bits per heavy atom. The first-order valence-electron chi connectivity index (χ1n) is 8.76. The average Bonchev–Trinajstić information content (AvgIpc) is 2.70. The van der Waals surface area contributed by atoms with Gasteiger partial charge in [0.1, 0.15) is 11.5 Å². The molecular formula is C21H13F6NO4. The molecule has 3 rings (SSSR count). The van der Waals surface area contributed by atoms with Gasteiger partial charge in [0.15, 0.2) is 0 Å². The summed E-state index contributed by atoms with van der Waals surface area (Å²) in [7, 11) is 1.12. The number of pyridine rings is 1. The summed E-state index contributed by atoms with van der Waals surface area (Å²) in [5.41, 5.74) is 0.454. The molecule has 0 radical (unpaired) electrons. The van der Waals surface area contributed by atoms with Gasteiger partial charge >= 0.3 is 18.7 Å². The van der Waals surface area contributed by atoms with Crippen LogP contribution in [-0.4, -0.2) is 30.8 Å². The fraction of sp³-hybridized carbons (Fsp3) is 0.143. The Kier molecular flexibility index (Phi) is 6.28. The highest BCUT2D eigenvalue weighted by molar-refractivity contribution is 5.92. The minimum absolute atomic E-state index is 0.0169.